The molecule has 0 spiro atoms. The summed E-state index contributed by atoms with van der Waals surface area (Å²) in [4.78, 5) is 13.6. The second-order valence-corrected chi connectivity index (χ2v) is 3.68. The maximum atomic E-state index is 11.8. The Bertz CT molecular complexity index is 342. The average molecular weight is 209 g/mol. The third-order valence-electron chi connectivity index (χ3n) is 2.65. The summed E-state index contributed by atoms with van der Waals surface area (Å²) in [5, 5.41) is 7.57. The van der Waals surface area contributed by atoms with Gasteiger partial charge in [-0.2, -0.15) is 0 Å². The molecule has 0 unspecified atom stereocenters. The highest BCUT2D eigenvalue weighted by atomic mass is 16.2. The van der Waals surface area contributed by atoms with Gasteiger partial charge in [0.1, 0.15) is 6.54 Å². The van der Waals surface area contributed by atoms with Gasteiger partial charge >= 0.3 is 0 Å². The van der Waals surface area contributed by atoms with Gasteiger partial charge in [0.2, 0.25) is 5.91 Å². The third kappa shape index (κ3) is 2.15. The normalized spacial score (nSPS) is 15.9. The third-order valence-corrected chi connectivity index (χ3v) is 2.65. The Kier molecular flexibility index (Phi) is 2.96. The molecule has 0 saturated carbocycles. The van der Waals surface area contributed by atoms with Gasteiger partial charge in [-0.1, -0.05) is 5.21 Å². The first-order valence-corrected chi connectivity index (χ1v) is 5.16. The lowest BCUT2D eigenvalue weighted by molar-refractivity contribution is -0.131. The van der Waals surface area contributed by atoms with Gasteiger partial charge in [-0.05, 0) is 12.8 Å². The molecule has 82 valence electrons. The molecule has 2 rings (SSSR count). The topological polar surface area (TPSA) is 77.0 Å². The number of amides is 1. The molecule has 1 aliphatic rings. The highest BCUT2D eigenvalue weighted by molar-refractivity contribution is 5.76. The number of rotatable bonds is 3. The zero-order valence-corrected chi connectivity index (χ0v) is 8.59. The van der Waals surface area contributed by atoms with Gasteiger partial charge in [0.25, 0.3) is 0 Å². The minimum absolute atomic E-state index is 0.104. The zero-order chi connectivity index (χ0) is 10.7. The predicted octanol–water partition coefficient (Wildman–Crippen LogP) is -0.641. The summed E-state index contributed by atoms with van der Waals surface area (Å²) in [6, 6.07) is 0. The van der Waals surface area contributed by atoms with Gasteiger partial charge in [-0.3, -0.25) is 4.79 Å². The maximum Gasteiger partial charge on any atom is 0.244 e. The molecule has 6 nitrogen and oxygen atoms in total. The molecule has 1 fully saturated rings. The van der Waals surface area contributed by atoms with E-state index in [1.807, 2.05) is 4.90 Å². The van der Waals surface area contributed by atoms with Crippen LogP contribution in [-0.4, -0.2) is 38.9 Å². The molecule has 2 N–H and O–H groups in total. The van der Waals surface area contributed by atoms with E-state index < -0.39 is 0 Å². The SMILES string of the molecule is NCc1cnnn1CC(=O)N1CCCC1. The van der Waals surface area contributed by atoms with E-state index in [0.717, 1.165) is 31.6 Å². The molecule has 15 heavy (non-hydrogen) atoms. The summed E-state index contributed by atoms with van der Waals surface area (Å²) in [5.41, 5.74) is 6.29. The van der Waals surface area contributed by atoms with E-state index in [1.54, 1.807) is 10.9 Å². The summed E-state index contributed by atoms with van der Waals surface area (Å²) in [7, 11) is 0. The van der Waals surface area contributed by atoms with Crippen LogP contribution in [0, 0.1) is 0 Å². The van der Waals surface area contributed by atoms with Gasteiger partial charge in [0.15, 0.2) is 0 Å². The monoisotopic (exact) mass is 209 g/mol. The Morgan fingerprint density at radius 2 is 2.20 bits per heavy atom. The summed E-state index contributed by atoms with van der Waals surface area (Å²) >= 11 is 0. The van der Waals surface area contributed by atoms with Crippen molar-refractivity contribution < 1.29 is 4.79 Å². The Morgan fingerprint density at radius 3 is 2.87 bits per heavy atom. The van der Waals surface area contributed by atoms with Gasteiger partial charge in [0, 0.05) is 19.6 Å². The van der Waals surface area contributed by atoms with E-state index in [0.29, 0.717) is 6.54 Å². The maximum absolute atomic E-state index is 11.8. The van der Waals surface area contributed by atoms with Crippen molar-refractivity contribution in [1.29, 1.82) is 0 Å². The second-order valence-electron chi connectivity index (χ2n) is 3.68. The van der Waals surface area contributed by atoms with Crippen molar-refractivity contribution in [3.63, 3.8) is 0 Å². The summed E-state index contributed by atoms with van der Waals surface area (Å²) < 4.78 is 1.57. The van der Waals surface area contributed by atoms with E-state index in [9.17, 15) is 4.79 Å². The van der Waals surface area contributed by atoms with Crippen molar-refractivity contribution in [3.05, 3.63) is 11.9 Å². The van der Waals surface area contributed by atoms with Gasteiger partial charge in [-0.15, -0.1) is 5.10 Å². The quantitative estimate of drug-likeness (QED) is 0.718. The lowest BCUT2D eigenvalue weighted by Crippen LogP contribution is -2.32. The summed E-state index contributed by atoms with van der Waals surface area (Å²) in [5.74, 6) is 0.104. The molecule has 0 aromatic carbocycles. The first kappa shape index (κ1) is 10.1. The Balaban J connectivity index is 1.98. The van der Waals surface area contributed by atoms with Crippen LogP contribution in [-0.2, 0) is 17.9 Å². The number of nitrogens with two attached hydrogens (primary N) is 1. The fourth-order valence-corrected chi connectivity index (χ4v) is 1.76. The number of hydrogen-bond donors (Lipinski definition) is 1. The van der Waals surface area contributed by atoms with E-state index in [2.05, 4.69) is 10.3 Å². The number of aromatic nitrogens is 3. The van der Waals surface area contributed by atoms with Crippen LogP contribution in [0.3, 0.4) is 0 Å². The standard InChI is InChI=1S/C9H15N5O/c10-5-8-6-11-12-14(8)7-9(15)13-3-1-2-4-13/h6H,1-5,7,10H2. The van der Waals surface area contributed by atoms with Crippen molar-refractivity contribution in [1.82, 2.24) is 19.9 Å². The molecular weight excluding hydrogens is 194 g/mol. The minimum atomic E-state index is 0.104. The molecule has 2 heterocycles. The highest BCUT2D eigenvalue weighted by Crippen LogP contribution is 2.08. The Labute approximate surface area is 88.0 Å². The Morgan fingerprint density at radius 1 is 1.47 bits per heavy atom. The molecule has 1 aromatic heterocycles. The van der Waals surface area contributed by atoms with Crippen molar-refractivity contribution in [2.45, 2.75) is 25.9 Å². The van der Waals surface area contributed by atoms with Crippen LogP contribution >= 0.6 is 0 Å². The van der Waals surface area contributed by atoms with Crippen LogP contribution in [0.25, 0.3) is 0 Å². The van der Waals surface area contributed by atoms with E-state index >= 15 is 0 Å². The molecule has 0 radical (unpaired) electrons. The predicted molar refractivity (Wildman–Crippen MR) is 53.7 cm³/mol. The number of nitrogens with zero attached hydrogens (tertiary/aromatic N) is 4. The lowest BCUT2D eigenvalue weighted by atomic mass is 10.4. The van der Waals surface area contributed by atoms with Crippen molar-refractivity contribution in [3.8, 4) is 0 Å². The first-order chi connectivity index (χ1) is 7.31. The van der Waals surface area contributed by atoms with Gasteiger partial charge in [-0.25, -0.2) is 4.68 Å². The van der Waals surface area contributed by atoms with Crippen molar-refractivity contribution >= 4 is 5.91 Å². The van der Waals surface area contributed by atoms with Crippen LogP contribution in [0.4, 0.5) is 0 Å². The van der Waals surface area contributed by atoms with Crippen molar-refractivity contribution in [2.75, 3.05) is 13.1 Å². The first-order valence-electron chi connectivity index (χ1n) is 5.16. The van der Waals surface area contributed by atoms with Gasteiger partial charge in [0.05, 0.1) is 11.9 Å². The number of likely N-dealkylation sites (tertiary alicyclic amines) is 1. The van der Waals surface area contributed by atoms with Crippen LogP contribution < -0.4 is 5.73 Å². The average Bonchev–Trinajstić information content (AvgIpc) is 2.87. The fraction of sp³-hybridized carbons (Fsp3) is 0.667. The molecule has 1 aromatic rings. The zero-order valence-electron chi connectivity index (χ0n) is 8.59. The van der Waals surface area contributed by atoms with Crippen molar-refractivity contribution in [2.24, 2.45) is 5.73 Å². The van der Waals surface area contributed by atoms with E-state index in [1.165, 1.54) is 0 Å². The molecular formula is C9H15N5O. The molecule has 1 saturated heterocycles. The lowest BCUT2D eigenvalue weighted by Gasteiger charge is -2.15. The van der Waals surface area contributed by atoms with E-state index in [-0.39, 0.29) is 12.5 Å². The van der Waals surface area contributed by atoms with Crippen LogP contribution in [0.15, 0.2) is 6.20 Å². The minimum Gasteiger partial charge on any atom is -0.341 e. The summed E-state index contributed by atoms with van der Waals surface area (Å²) in [6.07, 6.45) is 3.80. The molecule has 1 amide bonds. The number of carbonyl (C=O) groups is 1. The van der Waals surface area contributed by atoms with Crippen LogP contribution in [0.2, 0.25) is 0 Å². The van der Waals surface area contributed by atoms with Crippen LogP contribution in [0.1, 0.15) is 18.5 Å². The second kappa shape index (κ2) is 4.39. The molecule has 0 aliphatic carbocycles. The number of carbonyl (C=O) groups excluding carboxylic acids is 1. The Hall–Kier alpha value is -1.43. The largest absolute Gasteiger partial charge is 0.341 e. The van der Waals surface area contributed by atoms with Gasteiger partial charge < -0.3 is 10.6 Å². The molecule has 1 aliphatic heterocycles. The smallest absolute Gasteiger partial charge is 0.244 e. The van der Waals surface area contributed by atoms with Crippen LogP contribution in [0.5, 0.6) is 0 Å². The molecule has 6 heteroatoms. The highest BCUT2D eigenvalue weighted by Gasteiger charge is 2.19. The molecule has 0 bridgehead atoms. The molecule has 0 atom stereocenters. The fourth-order valence-electron chi connectivity index (χ4n) is 1.76. The van der Waals surface area contributed by atoms with E-state index in [4.69, 9.17) is 5.73 Å². The summed E-state index contributed by atoms with van der Waals surface area (Å²) in [6.45, 7) is 2.35. The number of hydrogen-bond acceptors (Lipinski definition) is 4.